The first-order chi connectivity index (χ1) is 15.6. The van der Waals surface area contributed by atoms with E-state index in [0.717, 1.165) is 15.6 Å². The van der Waals surface area contributed by atoms with E-state index in [2.05, 4.69) is 9.97 Å². The van der Waals surface area contributed by atoms with Crippen LogP contribution in [0.3, 0.4) is 0 Å². The van der Waals surface area contributed by atoms with Crippen LogP contribution in [0.2, 0.25) is 0 Å². The zero-order valence-electron chi connectivity index (χ0n) is 17.1. The molecule has 2 aromatic heterocycles. The highest BCUT2D eigenvalue weighted by atomic mass is 32.1. The van der Waals surface area contributed by atoms with Gasteiger partial charge in [0.1, 0.15) is 23.2 Å². The molecule has 5 nitrogen and oxygen atoms in total. The van der Waals surface area contributed by atoms with Gasteiger partial charge in [-0.2, -0.15) is 13.2 Å². The molecule has 0 spiro atoms. The standard InChI is InChI=1S/C22H16F4N2O3S2/c1-11-17(32-21(27-11)12-5-6-13(14(23)9-12)22(24,25)26)10-31-16-4-2-3-15-20(16)33-18(28-15)7-8-19(29)30/h2-6,9H,7-8,10H2,1H3,(H,29,30). The Morgan fingerprint density at radius 1 is 1.15 bits per heavy atom. The number of halogens is 4. The van der Waals surface area contributed by atoms with E-state index in [0.29, 0.717) is 39.5 Å². The number of rotatable bonds is 7. The van der Waals surface area contributed by atoms with Crippen molar-refractivity contribution in [2.75, 3.05) is 0 Å². The first-order valence-corrected chi connectivity index (χ1v) is 11.3. The van der Waals surface area contributed by atoms with Gasteiger partial charge in [-0.3, -0.25) is 4.79 Å². The highest BCUT2D eigenvalue weighted by Gasteiger charge is 2.34. The minimum atomic E-state index is -4.76. The number of alkyl halides is 3. The van der Waals surface area contributed by atoms with Crippen LogP contribution in [0.25, 0.3) is 20.8 Å². The van der Waals surface area contributed by atoms with Crippen LogP contribution in [0.15, 0.2) is 36.4 Å². The van der Waals surface area contributed by atoms with Gasteiger partial charge in [0.05, 0.1) is 37.8 Å². The number of aryl methyl sites for hydroxylation is 2. The van der Waals surface area contributed by atoms with Gasteiger partial charge in [-0.25, -0.2) is 14.4 Å². The minimum Gasteiger partial charge on any atom is -0.486 e. The number of ether oxygens (including phenoxy) is 1. The second kappa shape index (κ2) is 9.06. The molecular formula is C22H16F4N2O3S2. The molecule has 2 aromatic carbocycles. The van der Waals surface area contributed by atoms with E-state index in [4.69, 9.17) is 9.84 Å². The lowest BCUT2D eigenvalue weighted by atomic mass is 10.1. The molecule has 4 aromatic rings. The van der Waals surface area contributed by atoms with Crippen LogP contribution in [0.1, 0.15) is 27.6 Å². The quantitative estimate of drug-likeness (QED) is 0.297. The molecule has 1 N–H and O–H groups in total. The van der Waals surface area contributed by atoms with Gasteiger partial charge in [-0.15, -0.1) is 22.7 Å². The molecule has 0 aliphatic carbocycles. The zero-order valence-corrected chi connectivity index (χ0v) is 18.7. The average Bonchev–Trinajstić information content (AvgIpc) is 3.33. The molecule has 0 unspecified atom stereocenters. The summed E-state index contributed by atoms with van der Waals surface area (Å²) in [6, 6.07) is 8.13. The number of nitrogens with zero attached hydrogens (tertiary/aromatic N) is 2. The largest absolute Gasteiger partial charge is 0.486 e. The number of thiazole rings is 2. The molecule has 0 atom stereocenters. The third-order valence-electron chi connectivity index (χ3n) is 4.75. The molecule has 4 rings (SSSR count). The number of benzene rings is 2. The molecule has 0 aliphatic heterocycles. The normalized spacial score (nSPS) is 11.8. The summed E-state index contributed by atoms with van der Waals surface area (Å²) in [5, 5.41) is 9.96. The van der Waals surface area contributed by atoms with Crippen LogP contribution in [0.4, 0.5) is 17.6 Å². The Kier molecular flexibility index (Phi) is 6.35. The molecule has 33 heavy (non-hydrogen) atoms. The van der Waals surface area contributed by atoms with Crippen LogP contribution >= 0.6 is 22.7 Å². The predicted octanol–water partition coefficient (Wildman–Crippen LogP) is 6.48. The number of fused-ring (bicyclic) bond motifs is 1. The molecular weight excluding hydrogens is 480 g/mol. The fraction of sp³-hybridized carbons (Fsp3) is 0.227. The highest BCUT2D eigenvalue weighted by molar-refractivity contribution is 7.19. The van der Waals surface area contributed by atoms with E-state index in [1.54, 1.807) is 19.1 Å². The van der Waals surface area contributed by atoms with Crippen LogP contribution < -0.4 is 4.74 Å². The fourth-order valence-corrected chi connectivity index (χ4v) is 5.11. The first-order valence-electron chi connectivity index (χ1n) is 9.68. The average molecular weight is 497 g/mol. The van der Waals surface area contributed by atoms with E-state index in [1.165, 1.54) is 28.7 Å². The van der Waals surface area contributed by atoms with Crippen molar-refractivity contribution in [1.29, 1.82) is 0 Å². The summed E-state index contributed by atoms with van der Waals surface area (Å²) in [5.41, 5.74) is 0.282. The molecule has 0 radical (unpaired) electrons. The number of aromatic nitrogens is 2. The number of hydrogen-bond donors (Lipinski definition) is 1. The van der Waals surface area contributed by atoms with E-state index in [9.17, 15) is 22.4 Å². The maximum atomic E-state index is 14.0. The smallest absolute Gasteiger partial charge is 0.419 e. The summed E-state index contributed by atoms with van der Waals surface area (Å²) in [6.45, 7) is 1.91. The van der Waals surface area contributed by atoms with Crippen LogP contribution in [-0.4, -0.2) is 21.0 Å². The van der Waals surface area contributed by atoms with Gasteiger partial charge >= 0.3 is 12.1 Å². The Morgan fingerprint density at radius 3 is 2.64 bits per heavy atom. The van der Waals surface area contributed by atoms with Crippen molar-refractivity contribution in [3.05, 3.63) is 63.4 Å². The summed E-state index contributed by atoms with van der Waals surface area (Å²) in [6.07, 6.45) is -4.44. The Morgan fingerprint density at radius 2 is 1.94 bits per heavy atom. The number of carboxylic acid groups (broad SMARTS) is 1. The van der Waals surface area contributed by atoms with Crippen LogP contribution in [0.5, 0.6) is 5.75 Å². The number of aliphatic carboxylic acids is 1. The lowest BCUT2D eigenvalue weighted by molar-refractivity contribution is -0.140. The van der Waals surface area contributed by atoms with Gasteiger partial charge in [0.25, 0.3) is 0 Å². The Bertz CT molecular complexity index is 1330. The molecule has 0 aliphatic rings. The topological polar surface area (TPSA) is 72.3 Å². The van der Waals surface area contributed by atoms with Gasteiger partial charge in [-0.1, -0.05) is 12.1 Å². The van der Waals surface area contributed by atoms with Crippen LogP contribution in [-0.2, 0) is 24.0 Å². The van der Waals surface area contributed by atoms with Gasteiger partial charge < -0.3 is 9.84 Å². The summed E-state index contributed by atoms with van der Waals surface area (Å²) in [5.74, 6) is -1.65. The lowest BCUT2D eigenvalue weighted by Gasteiger charge is -2.08. The van der Waals surface area contributed by atoms with Crippen molar-refractivity contribution in [3.63, 3.8) is 0 Å². The zero-order chi connectivity index (χ0) is 23.8. The summed E-state index contributed by atoms with van der Waals surface area (Å²) in [7, 11) is 0. The van der Waals surface area contributed by atoms with Crippen molar-refractivity contribution in [1.82, 2.24) is 9.97 Å². The monoisotopic (exact) mass is 496 g/mol. The van der Waals surface area contributed by atoms with Crippen molar-refractivity contribution >= 4 is 38.9 Å². The second-order valence-corrected chi connectivity index (χ2v) is 9.28. The van der Waals surface area contributed by atoms with E-state index in [-0.39, 0.29) is 18.6 Å². The van der Waals surface area contributed by atoms with Gasteiger partial charge in [0.2, 0.25) is 0 Å². The lowest BCUT2D eigenvalue weighted by Crippen LogP contribution is -2.07. The maximum absolute atomic E-state index is 14.0. The molecule has 2 heterocycles. The number of carboxylic acids is 1. The first kappa shape index (κ1) is 23.1. The number of carbonyl (C=O) groups is 1. The second-order valence-electron chi connectivity index (χ2n) is 7.11. The van der Waals surface area contributed by atoms with Crippen molar-refractivity contribution in [2.45, 2.75) is 32.5 Å². The predicted molar refractivity (Wildman–Crippen MR) is 117 cm³/mol. The molecule has 0 saturated carbocycles. The molecule has 172 valence electrons. The van der Waals surface area contributed by atoms with Gasteiger partial charge in [0.15, 0.2) is 0 Å². The summed E-state index contributed by atoms with van der Waals surface area (Å²) < 4.78 is 59.1. The highest BCUT2D eigenvalue weighted by Crippen LogP contribution is 2.36. The fourth-order valence-electron chi connectivity index (χ4n) is 3.11. The molecule has 11 heteroatoms. The Hall–Kier alpha value is -3.05. The van der Waals surface area contributed by atoms with E-state index >= 15 is 0 Å². The Balaban J connectivity index is 1.53. The van der Waals surface area contributed by atoms with Crippen molar-refractivity contribution in [3.8, 4) is 16.3 Å². The van der Waals surface area contributed by atoms with Crippen LogP contribution in [0, 0.1) is 12.7 Å². The molecule has 0 saturated heterocycles. The minimum absolute atomic E-state index is 0.0105. The molecule has 0 bridgehead atoms. The van der Waals surface area contributed by atoms with Gasteiger partial charge in [0, 0.05) is 12.0 Å². The SMILES string of the molecule is Cc1nc(-c2ccc(C(F)(F)F)c(F)c2)sc1COc1cccc2nc(CCC(=O)O)sc12. The third kappa shape index (κ3) is 5.14. The molecule has 0 amide bonds. The van der Waals surface area contributed by atoms with Crippen molar-refractivity contribution < 1.29 is 32.2 Å². The number of hydrogen-bond acceptors (Lipinski definition) is 6. The third-order valence-corrected chi connectivity index (χ3v) is 7.07. The van der Waals surface area contributed by atoms with E-state index in [1.807, 2.05) is 6.07 Å². The van der Waals surface area contributed by atoms with E-state index < -0.39 is 23.5 Å². The Labute approximate surface area is 193 Å². The van der Waals surface area contributed by atoms with Crippen molar-refractivity contribution in [2.24, 2.45) is 0 Å². The maximum Gasteiger partial charge on any atom is 0.419 e. The summed E-state index contributed by atoms with van der Waals surface area (Å²) >= 11 is 2.58. The van der Waals surface area contributed by atoms with Gasteiger partial charge in [-0.05, 0) is 31.2 Å². The summed E-state index contributed by atoms with van der Waals surface area (Å²) in [4.78, 5) is 20.4. The molecule has 0 fully saturated rings.